The zero-order valence-corrected chi connectivity index (χ0v) is 9.64. The molecule has 0 heterocycles. The molecule has 1 aliphatic carbocycles. The quantitative estimate of drug-likeness (QED) is 0.550. The Balaban J connectivity index is 2.41. The third-order valence-corrected chi connectivity index (χ3v) is 3.02. The standard InChI is InChI=1S/C13H24/c1-5-12(8-10(2)3)9-11(4)13-6-7-13/h9-10,12-13H,5-8H2,1-4H3. The first kappa shape index (κ1) is 10.8. The lowest BCUT2D eigenvalue weighted by atomic mass is 9.92. The van der Waals surface area contributed by atoms with Crippen LogP contribution in [0.15, 0.2) is 11.6 Å². The SMILES string of the molecule is CCC(C=C(C)C1CC1)CC(C)C. The van der Waals surface area contributed by atoms with Gasteiger partial charge in [-0.25, -0.2) is 0 Å². The molecule has 0 amide bonds. The molecule has 1 unspecified atom stereocenters. The van der Waals surface area contributed by atoms with Crippen molar-refractivity contribution in [3.05, 3.63) is 11.6 Å². The lowest BCUT2D eigenvalue weighted by molar-refractivity contribution is 0.462. The highest BCUT2D eigenvalue weighted by molar-refractivity contribution is 5.10. The summed E-state index contributed by atoms with van der Waals surface area (Å²) in [6.07, 6.45) is 8.10. The van der Waals surface area contributed by atoms with E-state index in [0.29, 0.717) is 0 Å². The topological polar surface area (TPSA) is 0 Å². The van der Waals surface area contributed by atoms with Gasteiger partial charge in [0.15, 0.2) is 0 Å². The molecule has 1 fully saturated rings. The van der Waals surface area contributed by atoms with Crippen molar-refractivity contribution in [2.45, 2.75) is 53.4 Å². The van der Waals surface area contributed by atoms with Gasteiger partial charge < -0.3 is 0 Å². The summed E-state index contributed by atoms with van der Waals surface area (Å²) in [4.78, 5) is 0. The van der Waals surface area contributed by atoms with Crippen LogP contribution in [0.1, 0.15) is 53.4 Å². The van der Waals surface area contributed by atoms with Crippen molar-refractivity contribution in [1.82, 2.24) is 0 Å². The Morgan fingerprint density at radius 2 is 2.00 bits per heavy atom. The number of rotatable bonds is 5. The summed E-state index contributed by atoms with van der Waals surface area (Å²) in [7, 11) is 0. The van der Waals surface area contributed by atoms with E-state index in [-0.39, 0.29) is 0 Å². The molecule has 1 rings (SSSR count). The van der Waals surface area contributed by atoms with Crippen molar-refractivity contribution in [3.8, 4) is 0 Å². The van der Waals surface area contributed by atoms with Gasteiger partial charge in [0.2, 0.25) is 0 Å². The summed E-state index contributed by atoms with van der Waals surface area (Å²) in [5.74, 6) is 2.63. The van der Waals surface area contributed by atoms with Gasteiger partial charge in [0, 0.05) is 0 Å². The average Bonchev–Trinajstić information content (AvgIpc) is 2.84. The first-order chi connectivity index (χ1) is 6.13. The largest absolute Gasteiger partial charge is 0.0822 e. The number of allylic oxidation sites excluding steroid dienone is 2. The molecule has 0 aromatic carbocycles. The maximum Gasteiger partial charge on any atom is -0.0205 e. The lowest BCUT2D eigenvalue weighted by Crippen LogP contribution is -2.01. The molecule has 13 heavy (non-hydrogen) atoms. The van der Waals surface area contributed by atoms with Crippen LogP contribution in [0.5, 0.6) is 0 Å². The van der Waals surface area contributed by atoms with Gasteiger partial charge in [0.25, 0.3) is 0 Å². The Bertz CT molecular complexity index is 172. The fourth-order valence-electron chi connectivity index (χ4n) is 2.00. The molecule has 1 atom stereocenters. The molecule has 0 N–H and O–H groups in total. The average molecular weight is 180 g/mol. The highest BCUT2D eigenvalue weighted by atomic mass is 14.3. The van der Waals surface area contributed by atoms with E-state index in [1.54, 1.807) is 5.57 Å². The second kappa shape index (κ2) is 4.83. The van der Waals surface area contributed by atoms with Crippen LogP contribution in [0.4, 0.5) is 0 Å². The van der Waals surface area contributed by atoms with Crippen molar-refractivity contribution < 1.29 is 0 Å². The molecule has 0 aliphatic heterocycles. The summed E-state index contributed by atoms with van der Waals surface area (Å²) in [5.41, 5.74) is 1.66. The first-order valence-electron chi connectivity index (χ1n) is 5.81. The van der Waals surface area contributed by atoms with Gasteiger partial charge in [-0.1, -0.05) is 32.4 Å². The van der Waals surface area contributed by atoms with Crippen molar-refractivity contribution in [2.75, 3.05) is 0 Å². The van der Waals surface area contributed by atoms with E-state index < -0.39 is 0 Å². The van der Waals surface area contributed by atoms with Crippen molar-refractivity contribution in [1.29, 1.82) is 0 Å². The Hall–Kier alpha value is -0.260. The molecule has 0 spiro atoms. The molecule has 0 radical (unpaired) electrons. The molecule has 0 aromatic heterocycles. The summed E-state index contributed by atoms with van der Waals surface area (Å²) >= 11 is 0. The number of hydrogen-bond donors (Lipinski definition) is 0. The minimum Gasteiger partial charge on any atom is -0.0822 e. The summed E-state index contributed by atoms with van der Waals surface area (Å²) in [6, 6.07) is 0. The Kier molecular flexibility index (Phi) is 4.02. The molecular weight excluding hydrogens is 156 g/mol. The van der Waals surface area contributed by atoms with E-state index in [4.69, 9.17) is 0 Å². The zero-order valence-electron chi connectivity index (χ0n) is 9.64. The van der Waals surface area contributed by atoms with Crippen LogP contribution in [0.2, 0.25) is 0 Å². The molecule has 0 saturated heterocycles. The van der Waals surface area contributed by atoms with E-state index in [1.165, 1.54) is 25.7 Å². The number of hydrogen-bond acceptors (Lipinski definition) is 0. The minimum atomic E-state index is 0.834. The highest BCUT2D eigenvalue weighted by Gasteiger charge is 2.23. The fourth-order valence-corrected chi connectivity index (χ4v) is 2.00. The Morgan fingerprint density at radius 1 is 1.38 bits per heavy atom. The third kappa shape index (κ3) is 3.97. The van der Waals surface area contributed by atoms with Crippen LogP contribution < -0.4 is 0 Å². The van der Waals surface area contributed by atoms with Crippen molar-refractivity contribution in [3.63, 3.8) is 0 Å². The summed E-state index contributed by atoms with van der Waals surface area (Å²) < 4.78 is 0. The van der Waals surface area contributed by atoms with Gasteiger partial charge in [0.05, 0.1) is 0 Å². The van der Waals surface area contributed by atoms with E-state index in [0.717, 1.165) is 17.8 Å². The molecule has 0 bridgehead atoms. The van der Waals surface area contributed by atoms with Gasteiger partial charge in [-0.3, -0.25) is 0 Å². The Labute approximate surface area is 83.4 Å². The van der Waals surface area contributed by atoms with E-state index in [9.17, 15) is 0 Å². The Morgan fingerprint density at radius 3 is 2.38 bits per heavy atom. The first-order valence-corrected chi connectivity index (χ1v) is 5.81. The predicted octanol–water partition coefficient (Wildman–Crippen LogP) is 4.42. The van der Waals surface area contributed by atoms with Crippen LogP contribution in [0, 0.1) is 17.8 Å². The van der Waals surface area contributed by atoms with Crippen molar-refractivity contribution in [2.24, 2.45) is 17.8 Å². The van der Waals surface area contributed by atoms with Crippen molar-refractivity contribution >= 4 is 0 Å². The lowest BCUT2D eigenvalue weighted by Gasteiger charge is -2.14. The van der Waals surface area contributed by atoms with E-state index in [2.05, 4.69) is 33.8 Å². The smallest absolute Gasteiger partial charge is 0.0205 e. The van der Waals surface area contributed by atoms with E-state index in [1.807, 2.05) is 0 Å². The molecular formula is C13H24. The highest BCUT2D eigenvalue weighted by Crippen LogP contribution is 2.37. The maximum atomic E-state index is 2.54. The van der Waals surface area contributed by atoms with Crippen LogP contribution in [0.3, 0.4) is 0 Å². The van der Waals surface area contributed by atoms with Crippen LogP contribution in [-0.4, -0.2) is 0 Å². The predicted molar refractivity (Wildman–Crippen MR) is 59.7 cm³/mol. The molecule has 76 valence electrons. The molecule has 1 saturated carbocycles. The van der Waals surface area contributed by atoms with E-state index >= 15 is 0 Å². The molecule has 0 aromatic rings. The normalized spacial score (nSPS) is 20.8. The van der Waals surface area contributed by atoms with Gasteiger partial charge >= 0.3 is 0 Å². The molecule has 1 aliphatic rings. The molecule has 0 nitrogen and oxygen atoms in total. The van der Waals surface area contributed by atoms with Gasteiger partial charge in [-0.05, 0) is 50.4 Å². The van der Waals surface area contributed by atoms with Crippen LogP contribution in [0.25, 0.3) is 0 Å². The third-order valence-electron chi connectivity index (χ3n) is 3.02. The second-order valence-corrected chi connectivity index (χ2v) is 4.98. The molecule has 0 heteroatoms. The monoisotopic (exact) mass is 180 g/mol. The van der Waals surface area contributed by atoms with Crippen LogP contribution >= 0.6 is 0 Å². The van der Waals surface area contributed by atoms with Gasteiger partial charge in [0.1, 0.15) is 0 Å². The van der Waals surface area contributed by atoms with Crippen LogP contribution in [-0.2, 0) is 0 Å². The fraction of sp³-hybridized carbons (Fsp3) is 0.846. The minimum absolute atomic E-state index is 0.834. The zero-order chi connectivity index (χ0) is 9.84. The summed E-state index contributed by atoms with van der Waals surface area (Å²) in [5, 5.41) is 0. The second-order valence-electron chi connectivity index (χ2n) is 4.98. The van der Waals surface area contributed by atoms with Gasteiger partial charge in [-0.2, -0.15) is 0 Å². The van der Waals surface area contributed by atoms with Gasteiger partial charge in [-0.15, -0.1) is 0 Å². The maximum absolute atomic E-state index is 2.54. The summed E-state index contributed by atoms with van der Waals surface area (Å²) in [6.45, 7) is 9.27.